The van der Waals surface area contributed by atoms with Crippen molar-refractivity contribution in [2.75, 3.05) is 19.6 Å². The third-order valence-electron chi connectivity index (χ3n) is 4.60. The maximum atomic E-state index is 10.7. The summed E-state index contributed by atoms with van der Waals surface area (Å²) in [7, 11) is 0. The lowest BCUT2D eigenvalue weighted by atomic mass is 9.89. The summed E-state index contributed by atoms with van der Waals surface area (Å²) >= 11 is 0. The second-order valence-electron chi connectivity index (χ2n) is 6.13. The number of likely N-dealkylation sites (tertiary alicyclic amines) is 1. The first kappa shape index (κ1) is 15.6. The number of benzene rings is 2. The highest BCUT2D eigenvalue weighted by Gasteiger charge is 2.32. The number of nitrogens with zero attached hydrogens (tertiary/aromatic N) is 2. The van der Waals surface area contributed by atoms with Gasteiger partial charge in [0.1, 0.15) is 0 Å². The Hall–Kier alpha value is -2.24. The molecule has 5 nitrogen and oxygen atoms in total. The number of hydrogen-bond donors (Lipinski definition) is 1. The molecule has 0 aromatic heterocycles. The fourth-order valence-corrected chi connectivity index (χ4v) is 3.39. The Morgan fingerprint density at radius 1 is 1.09 bits per heavy atom. The van der Waals surface area contributed by atoms with Gasteiger partial charge in [-0.2, -0.15) is 0 Å². The van der Waals surface area contributed by atoms with E-state index in [1.165, 1.54) is 5.56 Å². The Labute approximate surface area is 135 Å². The van der Waals surface area contributed by atoms with E-state index in [4.69, 9.17) is 5.73 Å². The maximum absolute atomic E-state index is 10.7. The lowest BCUT2D eigenvalue weighted by molar-refractivity contribution is -0.384. The number of hydrogen-bond acceptors (Lipinski definition) is 4. The minimum atomic E-state index is -0.366. The van der Waals surface area contributed by atoms with E-state index in [1.54, 1.807) is 12.1 Å². The number of non-ortho nitro benzene ring substituents is 1. The highest BCUT2D eigenvalue weighted by molar-refractivity contribution is 5.33. The zero-order valence-corrected chi connectivity index (χ0v) is 13.0. The molecule has 0 saturated carbocycles. The predicted octanol–water partition coefficient (Wildman–Crippen LogP) is 2.77. The third kappa shape index (κ3) is 3.57. The van der Waals surface area contributed by atoms with Crippen molar-refractivity contribution in [1.82, 2.24) is 4.90 Å². The summed E-state index contributed by atoms with van der Waals surface area (Å²) in [4.78, 5) is 12.7. The molecule has 2 N–H and O–H groups in total. The van der Waals surface area contributed by atoms with Gasteiger partial charge in [0.2, 0.25) is 0 Å². The molecular weight excluding hydrogens is 290 g/mol. The van der Waals surface area contributed by atoms with Crippen LogP contribution < -0.4 is 5.73 Å². The third-order valence-corrected chi connectivity index (χ3v) is 4.60. The van der Waals surface area contributed by atoms with Crippen LogP contribution in [0.3, 0.4) is 0 Å². The van der Waals surface area contributed by atoms with Gasteiger partial charge in [0.25, 0.3) is 5.69 Å². The molecule has 1 fully saturated rings. The van der Waals surface area contributed by atoms with Crippen molar-refractivity contribution >= 4 is 5.69 Å². The van der Waals surface area contributed by atoms with Gasteiger partial charge in [0.05, 0.1) is 4.92 Å². The molecule has 23 heavy (non-hydrogen) atoms. The highest BCUT2D eigenvalue weighted by atomic mass is 16.6. The fourth-order valence-electron chi connectivity index (χ4n) is 3.39. The van der Waals surface area contributed by atoms with Crippen LogP contribution in [-0.2, 0) is 6.54 Å². The Morgan fingerprint density at radius 2 is 1.78 bits per heavy atom. The smallest absolute Gasteiger partial charge is 0.269 e. The molecule has 5 heteroatoms. The van der Waals surface area contributed by atoms with E-state index in [2.05, 4.69) is 29.2 Å². The monoisotopic (exact) mass is 311 g/mol. The van der Waals surface area contributed by atoms with Crippen molar-refractivity contribution in [3.63, 3.8) is 0 Å². The van der Waals surface area contributed by atoms with Crippen LogP contribution in [0, 0.1) is 16.0 Å². The molecule has 120 valence electrons. The molecule has 2 aromatic carbocycles. The van der Waals surface area contributed by atoms with E-state index in [-0.39, 0.29) is 10.6 Å². The number of nitrogens with two attached hydrogens (primary N) is 1. The first-order chi connectivity index (χ1) is 11.2. The Bertz CT molecular complexity index is 658. The van der Waals surface area contributed by atoms with Crippen LogP contribution in [-0.4, -0.2) is 29.5 Å². The van der Waals surface area contributed by atoms with Gasteiger partial charge in [0.15, 0.2) is 0 Å². The zero-order valence-electron chi connectivity index (χ0n) is 13.0. The molecule has 1 saturated heterocycles. The van der Waals surface area contributed by atoms with Crippen LogP contribution in [0.2, 0.25) is 0 Å². The first-order valence-electron chi connectivity index (χ1n) is 7.88. The molecule has 1 heterocycles. The summed E-state index contributed by atoms with van der Waals surface area (Å²) in [5, 5.41) is 10.7. The number of rotatable bonds is 5. The largest absolute Gasteiger partial charge is 0.330 e. The molecule has 0 bridgehead atoms. The predicted molar refractivity (Wildman–Crippen MR) is 90.1 cm³/mol. The highest BCUT2D eigenvalue weighted by Crippen LogP contribution is 2.32. The van der Waals surface area contributed by atoms with E-state index in [0.717, 1.165) is 25.2 Å². The maximum Gasteiger partial charge on any atom is 0.269 e. The molecule has 2 aromatic rings. The first-order valence-corrected chi connectivity index (χ1v) is 7.88. The van der Waals surface area contributed by atoms with Crippen molar-refractivity contribution in [3.8, 4) is 0 Å². The average Bonchev–Trinajstić information content (AvgIpc) is 2.99. The minimum Gasteiger partial charge on any atom is -0.330 e. The molecule has 0 amide bonds. The van der Waals surface area contributed by atoms with Gasteiger partial charge in [-0.05, 0) is 23.6 Å². The Kier molecular flexibility index (Phi) is 4.69. The van der Waals surface area contributed by atoms with Crippen LogP contribution in [0.4, 0.5) is 5.69 Å². The second kappa shape index (κ2) is 6.89. The normalized spacial score (nSPS) is 21.4. The lowest BCUT2D eigenvalue weighted by Gasteiger charge is -2.16. The number of nitro groups is 1. The Morgan fingerprint density at radius 3 is 2.39 bits per heavy atom. The summed E-state index contributed by atoms with van der Waals surface area (Å²) in [5.74, 6) is 0.912. The van der Waals surface area contributed by atoms with Crippen LogP contribution in [0.15, 0.2) is 54.6 Å². The lowest BCUT2D eigenvalue weighted by Crippen LogP contribution is -2.23. The molecule has 0 aliphatic carbocycles. The molecule has 3 rings (SSSR count). The summed E-state index contributed by atoms with van der Waals surface area (Å²) in [5.41, 5.74) is 8.54. The Balaban J connectivity index is 1.69. The van der Waals surface area contributed by atoms with Gasteiger partial charge < -0.3 is 5.73 Å². The van der Waals surface area contributed by atoms with Crippen molar-refractivity contribution in [2.24, 2.45) is 11.7 Å². The average molecular weight is 311 g/mol. The van der Waals surface area contributed by atoms with Crippen molar-refractivity contribution < 1.29 is 4.92 Å². The van der Waals surface area contributed by atoms with E-state index < -0.39 is 0 Å². The van der Waals surface area contributed by atoms with E-state index in [1.807, 2.05) is 18.2 Å². The molecule has 1 aliphatic heterocycles. The molecule has 2 atom stereocenters. The fraction of sp³-hybridized carbons (Fsp3) is 0.333. The molecule has 1 aliphatic rings. The van der Waals surface area contributed by atoms with Crippen LogP contribution >= 0.6 is 0 Å². The molecule has 0 unspecified atom stereocenters. The SMILES string of the molecule is NC[C@@H]1CN(Cc2ccc([N+](=O)[O-])cc2)C[C@H]1c1ccccc1. The van der Waals surface area contributed by atoms with Crippen molar-refractivity contribution in [3.05, 3.63) is 75.8 Å². The topological polar surface area (TPSA) is 72.4 Å². The van der Waals surface area contributed by atoms with Gasteiger partial charge >= 0.3 is 0 Å². The van der Waals surface area contributed by atoms with Gasteiger partial charge in [0, 0.05) is 37.7 Å². The molecular formula is C18H21N3O2. The molecule has 0 spiro atoms. The van der Waals surface area contributed by atoms with Gasteiger partial charge in [-0.15, -0.1) is 0 Å². The number of nitro benzene ring substituents is 1. The summed E-state index contributed by atoms with van der Waals surface area (Å²) in [6.45, 7) is 3.42. The van der Waals surface area contributed by atoms with E-state index >= 15 is 0 Å². The summed E-state index contributed by atoms with van der Waals surface area (Å²) < 4.78 is 0. The second-order valence-corrected chi connectivity index (χ2v) is 6.13. The van der Waals surface area contributed by atoms with E-state index in [9.17, 15) is 10.1 Å². The van der Waals surface area contributed by atoms with Gasteiger partial charge in [-0.3, -0.25) is 15.0 Å². The standard InChI is InChI=1S/C18H21N3O2/c19-10-16-12-20(13-18(16)15-4-2-1-3-5-15)11-14-6-8-17(9-7-14)21(22)23/h1-9,16,18H,10-13,19H2/t16-,18+/m1/s1. The van der Waals surface area contributed by atoms with Crippen LogP contribution in [0.5, 0.6) is 0 Å². The van der Waals surface area contributed by atoms with Crippen molar-refractivity contribution in [1.29, 1.82) is 0 Å². The van der Waals surface area contributed by atoms with Crippen LogP contribution in [0.25, 0.3) is 0 Å². The summed E-state index contributed by atoms with van der Waals surface area (Å²) in [6, 6.07) is 17.3. The van der Waals surface area contributed by atoms with E-state index in [0.29, 0.717) is 18.4 Å². The van der Waals surface area contributed by atoms with Crippen LogP contribution in [0.1, 0.15) is 17.0 Å². The quantitative estimate of drug-likeness (QED) is 0.681. The summed E-state index contributed by atoms with van der Waals surface area (Å²) in [6.07, 6.45) is 0. The van der Waals surface area contributed by atoms with Crippen molar-refractivity contribution in [2.45, 2.75) is 12.5 Å². The molecule has 0 radical (unpaired) electrons. The minimum absolute atomic E-state index is 0.136. The van der Waals surface area contributed by atoms with Gasteiger partial charge in [-0.25, -0.2) is 0 Å². The zero-order chi connectivity index (χ0) is 16.2. The van der Waals surface area contributed by atoms with Gasteiger partial charge in [-0.1, -0.05) is 42.5 Å².